The topological polar surface area (TPSA) is 38.8 Å². The van der Waals surface area contributed by atoms with Crippen LogP contribution in [0.4, 0.5) is 4.39 Å². The zero-order valence-electron chi connectivity index (χ0n) is 19.9. The molecule has 32 heavy (non-hydrogen) atoms. The van der Waals surface area contributed by atoms with Gasteiger partial charge in [0, 0.05) is 31.7 Å². The van der Waals surface area contributed by atoms with E-state index in [0.717, 1.165) is 42.6 Å². The number of carbonyl (C=O) groups is 1. The fraction of sp³-hybridized carbons (Fsp3) is 0.741. The smallest absolute Gasteiger partial charge is 0.256 e. The van der Waals surface area contributed by atoms with Gasteiger partial charge in [-0.25, -0.2) is 4.39 Å². The minimum absolute atomic E-state index is 0.0476. The van der Waals surface area contributed by atoms with Crippen molar-refractivity contribution in [3.05, 3.63) is 29.1 Å². The average molecular weight is 444 g/mol. The maximum absolute atomic E-state index is 15.2. The number of ether oxygens (including phenoxy) is 2. The number of methoxy groups -OCH3 is 1. The van der Waals surface area contributed by atoms with Crippen LogP contribution < -0.4 is 4.74 Å². The fourth-order valence-corrected chi connectivity index (χ4v) is 7.17. The van der Waals surface area contributed by atoms with Crippen molar-refractivity contribution in [1.82, 2.24) is 4.90 Å². The molecule has 0 aromatic heterocycles. The molecule has 1 aromatic rings. The van der Waals surface area contributed by atoms with Crippen LogP contribution in [0.2, 0.25) is 0 Å². The Morgan fingerprint density at radius 3 is 2.47 bits per heavy atom. The number of nitrogens with zero attached hydrogens (tertiary/aromatic N) is 1. The lowest BCUT2D eigenvalue weighted by Crippen LogP contribution is -2.43. The number of amides is 1. The van der Waals surface area contributed by atoms with Crippen molar-refractivity contribution >= 4 is 5.91 Å². The third-order valence-electron chi connectivity index (χ3n) is 8.40. The van der Waals surface area contributed by atoms with Crippen molar-refractivity contribution in [2.75, 3.05) is 26.8 Å². The van der Waals surface area contributed by atoms with Gasteiger partial charge in [-0.15, -0.1) is 0 Å². The number of benzene rings is 1. The second-order valence-electron chi connectivity index (χ2n) is 11.5. The molecule has 1 aliphatic heterocycles. The zero-order valence-corrected chi connectivity index (χ0v) is 19.9. The molecule has 3 atom stereocenters. The molecule has 5 heteroatoms. The van der Waals surface area contributed by atoms with E-state index < -0.39 is 5.82 Å². The number of carbonyl (C=O) groups excluding carboxylic acids is 1. The predicted octanol–water partition coefficient (Wildman–Crippen LogP) is 5.80. The van der Waals surface area contributed by atoms with Gasteiger partial charge in [0.05, 0.1) is 18.3 Å². The molecule has 1 heterocycles. The first-order valence-corrected chi connectivity index (χ1v) is 12.6. The standard InChI is InChI=1S/C27H38FNO3/c1-17-8-19-9-18(2)13-27(12-17,14-19)16-32-25-11-24(28)23(10-22(25)20-4-5-20)26(30)29-7-6-21(15-29)31-3/h10-11,17-21H,4-9,12-16H2,1-3H3. The molecule has 1 amide bonds. The molecule has 0 radical (unpaired) electrons. The largest absolute Gasteiger partial charge is 0.493 e. The molecule has 0 N–H and O–H groups in total. The van der Waals surface area contributed by atoms with Gasteiger partial charge >= 0.3 is 0 Å². The molecule has 5 rings (SSSR count). The second-order valence-corrected chi connectivity index (χ2v) is 11.5. The summed E-state index contributed by atoms with van der Waals surface area (Å²) in [5.41, 5.74) is 1.43. The van der Waals surface area contributed by atoms with E-state index in [1.54, 1.807) is 18.1 Å². The summed E-state index contributed by atoms with van der Waals surface area (Å²) in [7, 11) is 1.67. The Morgan fingerprint density at radius 2 is 1.84 bits per heavy atom. The van der Waals surface area contributed by atoms with Gasteiger partial charge in [-0.2, -0.15) is 0 Å². The third kappa shape index (κ3) is 4.42. The number of likely N-dealkylation sites (tertiary alicyclic amines) is 1. The number of hydrogen-bond acceptors (Lipinski definition) is 3. The summed E-state index contributed by atoms with van der Waals surface area (Å²) in [6.45, 7) is 6.57. The number of rotatable bonds is 6. The summed E-state index contributed by atoms with van der Waals surface area (Å²) in [5.74, 6) is 2.66. The van der Waals surface area contributed by atoms with Gasteiger partial charge in [0.1, 0.15) is 11.6 Å². The monoisotopic (exact) mass is 443 g/mol. The van der Waals surface area contributed by atoms with Gasteiger partial charge < -0.3 is 14.4 Å². The van der Waals surface area contributed by atoms with Crippen molar-refractivity contribution < 1.29 is 18.7 Å². The minimum Gasteiger partial charge on any atom is -0.493 e. The Kier molecular flexibility index (Phi) is 5.98. The van der Waals surface area contributed by atoms with Crippen LogP contribution in [-0.2, 0) is 4.74 Å². The summed E-state index contributed by atoms with van der Waals surface area (Å²) in [4.78, 5) is 14.8. The van der Waals surface area contributed by atoms with Crippen LogP contribution >= 0.6 is 0 Å². The maximum Gasteiger partial charge on any atom is 0.256 e. The summed E-state index contributed by atoms with van der Waals surface area (Å²) < 4.78 is 27.0. The zero-order chi connectivity index (χ0) is 22.5. The van der Waals surface area contributed by atoms with Crippen LogP contribution in [0.5, 0.6) is 5.75 Å². The van der Waals surface area contributed by atoms with Crippen LogP contribution in [0.15, 0.2) is 12.1 Å². The predicted molar refractivity (Wildman–Crippen MR) is 123 cm³/mol. The number of halogens is 1. The Morgan fingerprint density at radius 1 is 1.12 bits per heavy atom. The van der Waals surface area contributed by atoms with Crippen LogP contribution in [0, 0.1) is 29.0 Å². The lowest BCUT2D eigenvalue weighted by atomic mass is 9.57. The Hall–Kier alpha value is -1.62. The number of fused-ring (bicyclic) bond motifs is 2. The maximum atomic E-state index is 15.2. The lowest BCUT2D eigenvalue weighted by molar-refractivity contribution is -0.0167. The Bertz CT molecular complexity index is 847. The molecule has 3 aliphatic carbocycles. The fourth-order valence-electron chi connectivity index (χ4n) is 7.17. The molecule has 1 aromatic carbocycles. The van der Waals surface area contributed by atoms with Crippen LogP contribution in [0.25, 0.3) is 0 Å². The van der Waals surface area contributed by atoms with Gasteiger partial charge in [-0.3, -0.25) is 4.79 Å². The molecule has 3 saturated carbocycles. The van der Waals surface area contributed by atoms with Crippen molar-refractivity contribution in [3.63, 3.8) is 0 Å². The number of hydrogen-bond donors (Lipinski definition) is 0. The summed E-state index contributed by atoms with van der Waals surface area (Å²) in [5, 5.41) is 0. The molecule has 2 bridgehead atoms. The van der Waals surface area contributed by atoms with Gasteiger partial charge in [0.2, 0.25) is 0 Å². The third-order valence-corrected chi connectivity index (χ3v) is 8.40. The summed E-state index contributed by atoms with van der Waals surface area (Å²) in [6.07, 6.45) is 9.37. The van der Waals surface area contributed by atoms with E-state index in [1.165, 1.54) is 38.2 Å². The van der Waals surface area contributed by atoms with Crippen LogP contribution in [0.1, 0.15) is 87.1 Å². The molecule has 176 valence electrons. The molecule has 0 spiro atoms. The van der Waals surface area contributed by atoms with Crippen LogP contribution in [0.3, 0.4) is 0 Å². The van der Waals surface area contributed by atoms with Gasteiger partial charge in [-0.05, 0) is 86.7 Å². The van der Waals surface area contributed by atoms with Gasteiger partial charge in [0.25, 0.3) is 5.91 Å². The van der Waals surface area contributed by atoms with Crippen molar-refractivity contribution in [2.45, 2.75) is 77.2 Å². The van der Waals surface area contributed by atoms with E-state index in [0.29, 0.717) is 31.4 Å². The van der Waals surface area contributed by atoms with E-state index in [2.05, 4.69) is 13.8 Å². The highest BCUT2D eigenvalue weighted by Gasteiger charge is 2.45. The van der Waals surface area contributed by atoms with E-state index >= 15 is 4.39 Å². The van der Waals surface area contributed by atoms with E-state index in [9.17, 15) is 4.79 Å². The van der Waals surface area contributed by atoms with Crippen molar-refractivity contribution in [3.8, 4) is 5.75 Å². The van der Waals surface area contributed by atoms with Gasteiger partial charge in [-0.1, -0.05) is 13.8 Å². The molecule has 4 aliphatic rings. The second kappa shape index (κ2) is 8.62. The Balaban J connectivity index is 1.35. The quantitative estimate of drug-likeness (QED) is 0.558. The first-order valence-electron chi connectivity index (χ1n) is 12.6. The lowest BCUT2D eigenvalue weighted by Gasteiger charge is -2.49. The summed E-state index contributed by atoms with van der Waals surface area (Å²) in [6, 6.07) is 3.29. The molecule has 4 fully saturated rings. The Labute approximate surface area is 191 Å². The normalized spacial score (nSPS) is 34.6. The highest BCUT2D eigenvalue weighted by atomic mass is 19.1. The van der Waals surface area contributed by atoms with E-state index in [4.69, 9.17) is 9.47 Å². The average Bonchev–Trinajstić information content (AvgIpc) is 3.46. The highest BCUT2D eigenvalue weighted by Crippen LogP contribution is 2.53. The first kappa shape index (κ1) is 22.2. The first-order chi connectivity index (χ1) is 15.4. The molecule has 1 saturated heterocycles. The highest BCUT2D eigenvalue weighted by molar-refractivity contribution is 5.95. The van der Waals surface area contributed by atoms with E-state index in [1.807, 2.05) is 0 Å². The molecular formula is C27H38FNO3. The van der Waals surface area contributed by atoms with Gasteiger partial charge in [0.15, 0.2) is 0 Å². The molecule has 4 nitrogen and oxygen atoms in total. The molecular weight excluding hydrogens is 405 g/mol. The van der Waals surface area contributed by atoms with Crippen molar-refractivity contribution in [2.24, 2.45) is 23.2 Å². The summed E-state index contributed by atoms with van der Waals surface area (Å²) >= 11 is 0. The SMILES string of the molecule is COC1CCN(C(=O)c2cc(C3CC3)c(OCC34CC(C)CC(CC(C)C3)C4)cc2F)C1. The van der Waals surface area contributed by atoms with Crippen molar-refractivity contribution in [1.29, 1.82) is 0 Å². The van der Waals surface area contributed by atoms with Crippen LogP contribution in [-0.4, -0.2) is 43.7 Å². The van der Waals surface area contributed by atoms with E-state index in [-0.39, 0.29) is 23.0 Å². The minimum atomic E-state index is -0.459. The molecule has 3 unspecified atom stereocenters.